The van der Waals surface area contributed by atoms with Crippen molar-refractivity contribution in [3.8, 4) is 23.0 Å². The SMILES string of the molecule is COc1ccccc1OCc1nnc(-c2cccc(Cl)c2)o1. The summed E-state index contributed by atoms with van der Waals surface area (Å²) in [5.41, 5.74) is 0.767. The van der Waals surface area contributed by atoms with Gasteiger partial charge in [0.15, 0.2) is 18.1 Å². The van der Waals surface area contributed by atoms with Gasteiger partial charge in [-0.1, -0.05) is 29.8 Å². The number of para-hydroxylation sites is 2. The predicted molar refractivity (Wildman–Crippen MR) is 82.1 cm³/mol. The zero-order valence-corrected chi connectivity index (χ0v) is 12.6. The summed E-state index contributed by atoms with van der Waals surface area (Å²) in [6, 6.07) is 14.6. The average molecular weight is 317 g/mol. The van der Waals surface area contributed by atoms with Crippen molar-refractivity contribution in [2.75, 3.05) is 7.11 Å². The Hall–Kier alpha value is -2.53. The van der Waals surface area contributed by atoms with Crippen LogP contribution in [0, 0.1) is 0 Å². The minimum atomic E-state index is 0.161. The number of halogens is 1. The van der Waals surface area contributed by atoms with Crippen LogP contribution in [0.4, 0.5) is 0 Å². The van der Waals surface area contributed by atoms with Crippen molar-refractivity contribution in [2.24, 2.45) is 0 Å². The van der Waals surface area contributed by atoms with E-state index in [2.05, 4.69) is 10.2 Å². The lowest BCUT2D eigenvalue weighted by Gasteiger charge is -2.07. The summed E-state index contributed by atoms with van der Waals surface area (Å²) < 4.78 is 16.4. The molecular weight excluding hydrogens is 304 g/mol. The number of aromatic nitrogens is 2. The summed E-state index contributed by atoms with van der Waals surface area (Å²) in [7, 11) is 1.59. The monoisotopic (exact) mass is 316 g/mol. The van der Waals surface area contributed by atoms with Crippen molar-refractivity contribution in [3.05, 3.63) is 59.4 Å². The summed E-state index contributed by atoms with van der Waals surface area (Å²) in [5.74, 6) is 2.05. The molecule has 6 heteroatoms. The number of nitrogens with zero attached hydrogens (tertiary/aromatic N) is 2. The molecule has 3 rings (SSSR count). The highest BCUT2D eigenvalue weighted by atomic mass is 35.5. The van der Waals surface area contributed by atoms with Crippen molar-refractivity contribution < 1.29 is 13.9 Å². The first-order valence-corrected chi connectivity index (χ1v) is 6.98. The summed E-state index contributed by atoms with van der Waals surface area (Å²) in [6.45, 7) is 0.161. The average Bonchev–Trinajstić information content (AvgIpc) is 3.02. The molecule has 5 nitrogen and oxygen atoms in total. The lowest BCUT2D eigenvalue weighted by molar-refractivity contribution is 0.251. The number of hydrogen-bond acceptors (Lipinski definition) is 5. The number of benzene rings is 2. The summed E-state index contributed by atoms with van der Waals surface area (Å²) in [4.78, 5) is 0. The third-order valence-corrected chi connectivity index (χ3v) is 3.19. The van der Waals surface area contributed by atoms with Gasteiger partial charge in [0.05, 0.1) is 7.11 Å². The Labute approximate surface area is 132 Å². The molecule has 0 fully saturated rings. The number of ether oxygens (including phenoxy) is 2. The molecule has 1 aromatic heterocycles. The minimum absolute atomic E-state index is 0.161. The predicted octanol–water partition coefficient (Wildman–Crippen LogP) is 3.98. The Morgan fingerprint density at radius 3 is 2.64 bits per heavy atom. The van der Waals surface area contributed by atoms with Crippen LogP contribution >= 0.6 is 11.6 Å². The first-order chi connectivity index (χ1) is 10.8. The third kappa shape index (κ3) is 3.20. The molecule has 2 aromatic carbocycles. The molecule has 0 amide bonds. The van der Waals surface area contributed by atoms with E-state index >= 15 is 0 Å². The van der Waals surface area contributed by atoms with E-state index in [0.29, 0.717) is 28.3 Å². The first kappa shape index (κ1) is 14.4. The van der Waals surface area contributed by atoms with Gasteiger partial charge in [0.25, 0.3) is 5.89 Å². The molecule has 0 spiro atoms. The lowest BCUT2D eigenvalue weighted by atomic mass is 10.2. The van der Waals surface area contributed by atoms with Crippen LogP contribution in [0.25, 0.3) is 11.5 Å². The van der Waals surface area contributed by atoms with E-state index in [-0.39, 0.29) is 6.61 Å². The zero-order chi connectivity index (χ0) is 15.4. The Bertz CT molecular complexity index is 773. The smallest absolute Gasteiger partial charge is 0.254 e. The van der Waals surface area contributed by atoms with Crippen LogP contribution in [0.15, 0.2) is 52.9 Å². The Balaban J connectivity index is 1.72. The lowest BCUT2D eigenvalue weighted by Crippen LogP contribution is -1.97. The molecule has 0 radical (unpaired) electrons. The van der Waals surface area contributed by atoms with E-state index in [1.54, 1.807) is 19.2 Å². The van der Waals surface area contributed by atoms with Gasteiger partial charge in [-0.2, -0.15) is 0 Å². The quantitative estimate of drug-likeness (QED) is 0.712. The Morgan fingerprint density at radius 1 is 1.05 bits per heavy atom. The van der Waals surface area contributed by atoms with Gasteiger partial charge in [0.1, 0.15) is 0 Å². The maximum atomic E-state index is 5.95. The molecule has 0 unspecified atom stereocenters. The van der Waals surface area contributed by atoms with E-state index in [1.807, 2.05) is 36.4 Å². The minimum Gasteiger partial charge on any atom is -0.493 e. The summed E-state index contributed by atoms with van der Waals surface area (Å²) in [5, 5.41) is 8.58. The Kier molecular flexibility index (Phi) is 4.25. The molecule has 0 aliphatic rings. The van der Waals surface area contributed by atoms with E-state index in [4.69, 9.17) is 25.5 Å². The van der Waals surface area contributed by atoms with Crippen LogP contribution in [0.2, 0.25) is 5.02 Å². The molecule has 0 aliphatic heterocycles. The highest BCUT2D eigenvalue weighted by molar-refractivity contribution is 6.30. The number of hydrogen-bond donors (Lipinski definition) is 0. The van der Waals surface area contributed by atoms with Crippen LogP contribution < -0.4 is 9.47 Å². The van der Waals surface area contributed by atoms with Crippen LogP contribution in [0.5, 0.6) is 11.5 Å². The fourth-order valence-electron chi connectivity index (χ4n) is 1.93. The van der Waals surface area contributed by atoms with Gasteiger partial charge in [0.2, 0.25) is 5.89 Å². The molecule has 0 aliphatic carbocycles. The molecule has 0 atom stereocenters. The third-order valence-electron chi connectivity index (χ3n) is 2.96. The standard InChI is InChI=1S/C16H13ClN2O3/c1-20-13-7-2-3-8-14(13)21-10-15-18-19-16(22-15)11-5-4-6-12(17)9-11/h2-9H,10H2,1H3. The van der Waals surface area contributed by atoms with Gasteiger partial charge in [-0.15, -0.1) is 10.2 Å². The normalized spacial score (nSPS) is 10.5. The largest absolute Gasteiger partial charge is 0.493 e. The number of rotatable bonds is 5. The van der Waals surface area contributed by atoms with Gasteiger partial charge in [-0.05, 0) is 30.3 Å². The Morgan fingerprint density at radius 2 is 1.86 bits per heavy atom. The summed E-state index contributed by atoms with van der Waals surface area (Å²) >= 11 is 5.95. The molecule has 0 bridgehead atoms. The summed E-state index contributed by atoms with van der Waals surface area (Å²) in [6.07, 6.45) is 0. The molecule has 0 saturated heterocycles. The van der Waals surface area contributed by atoms with Crippen LogP contribution in [0.3, 0.4) is 0 Å². The van der Waals surface area contributed by atoms with E-state index in [9.17, 15) is 0 Å². The zero-order valence-electron chi connectivity index (χ0n) is 11.8. The van der Waals surface area contributed by atoms with Gasteiger partial charge < -0.3 is 13.9 Å². The van der Waals surface area contributed by atoms with Crippen LogP contribution in [-0.4, -0.2) is 17.3 Å². The van der Waals surface area contributed by atoms with Gasteiger partial charge in [-0.3, -0.25) is 0 Å². The van der Waals surface area contributed by atoms with Gasteiger partial charge in [0, 0.05) is 10.6 Å². The molecule has 3 aromatic rings. The molecule has 22 heavy (non-hydrogen) atoms. The highest BCUT2D eigenvalue weighted by Crippen LogP contribution is 2.27. The van der Waals surface area contributed by atoms with Crippen molar-refractivity contribution >= 4 is 11.6 Å². The van der Waals surface area contributed by atoms with E-state index in [1.165, 1.54) is 0 Å². The van der Waals surface area contributed by atoms with Crippen LogP contribution in [-0.2, 0) is 6.61 Å². The van der Waals surface area contributed by atoms with E-state index in [0.717, 1.165) is 5.56 Å². The highest BCUT2D eigenvalue weighted by Gasteiger charge is 2.10. The van der Waals surface area contributed by atoms with Gasteiger partial charge >= 0.3 is 0 Å². The second kappa shape index (κ2) is 6.49. The molecule has 112 valence electrons. The molecular formula is C16H13ClN2O3. The van der Waals surface area contributed by atoms with E-state index < -0.39 is 0 Å². The van der Waals surface area contributed by atoms with Crippen molar-refractivity contribution in [1.29, 1.82) is 0 Å². The topological polar surface area (TPSA) is 57.4 Å². The first-order valence-electron chi connectivity index (χ1n) is 6.60. The van der Waals surface area contributed by atoms with Crippen molar-refractivity contribution in [2.45, 2.75) is 6.61 Å². The fourth-order valence-corrected chi connectivity index (χ4v) is 2.12. The fraction of sp³-hybridized carbons (Fsp3) is 0.125. The maximum Gasteiger partial charge on any atom is 0.254 e. The molecule has 0 saturated carbocycles. The second-order valence-electron chi connectivity index (χ2n) is 4.45. The maximum absolute atomic E-state index is 5.95. The van der Waals surface area contributed by atoms with Crippen molar-refractivity contribution in [3.63, 3.8) is 0 Å². The van der Waals surface area contributed by atoms with Crippen molar-refractivity contribution in [1.82, 2.24) is 10.2 Å². The second-order valence-corrected chi connectivity index (χ2v) is 4.89. The van der Waals surface area contributed by atoms with Crippen LogP contribution in [0.1, 0.15) is 5.89 Å². The number of methoxy groups -OCH3 is 1. The van der Waals surface area contributed by atoms with Gasteiger partial charge in [-0.25, -0.2) is 0 Å². The molecule has 0 N–H and O–H groups in total. The molecule has 1 heterocycles.